The maximum atomic E-state index is 12.4. The standard InChI is InChI=1S/C14H20N2O2/c1-13(2)10-14(3,18)16(12(17)15(13)4)11-8-6-5-7-9-11/h5-9,18H,10H2,1-4H3. The second-order valence-electron chi connectivity index (χ2n) is 5.72. The Bertz CT molecular complexity index is 454. The van der Waals surface area contributed by atoms with Crippen LogP contribution in [-0.4, -0.2) is 34.3 Å². The third-order valence-corrected chi connectivity index (χ3v) is 3.65. The molecule has 2 amide bonds. The van der Waals surface area contributed by atoms with Crippen LogP contribution in [0, 0.1) is 0 Å². The Morgan fingerprint density at radius 3 is 2.28 bits per heavy atom. The van der Waals surface area contributed by atoms with Crippen LogP contribution >= 0.6 is 0 Å². The number of rotatable bonds is 1. The zero-order valence-corrected chi connectivity index (χ0v) is 11.3. The van der Waals surface area contributed by atoms with Crippen LogP contribution in [0.15, 0.2) is 30.3 Å². The quantitative estimate of drug-likeness (QED) is 0.829. The van der Waals surface area contributed by atoms with Crippen molar-refractivity contribution in [2.75, 3.05) is 11.9 Å². The molecule has 1 unspecified atom stereocenters. The van der Waals surface area contributed by atoms with Gasteiger partial charge in [0.15, 0.2) is 0 Å². The molecule has 0 aromatic heterocycles. The third kappa shape index (κ3) is 1.97. The van der Waals surface area contributed by atoms with E-state index in [-0.39, 0.29) is 11.6 Å². The van der Waals surface area contributed by atoms with Crippen LogP contribution in [0.25, 0.3) is 0 Å². The Kier molecular flexibility index (Phi) is 2.86. The van der Waals surface area contributed by atoms with Crippen molar-refractivity contribution >= 4 is 11.7 Å². The van der Waals surface area contributed by atoms with E-state index in [1.54, 1.807) is 18.9 Å². The summed E-state index contributed by atoms with van der Waals surface area (Å²) in [7, 11) is 1.77. The molecule has 4 nitrogen and oxygen atoms in total. The molecule has 18 heavy (non-hydrogen) atoms. The molecule has 1 heterocycles. The Morgan fingerprint density at radius 2 is 1.72 bits per heavy atom. The Labute approximate surface area is 108 Å². The first-order chi connectivity index (χ1) is 8.26. The molecule has 1 aliphatic heterocycles. The zero-order valence-electron chi connectivity index (χ0n) is 11.3. The normalized spacial score (nSPS) is 27.5. The summed E-state index contributed by atoms with van der Waals surface area (Å²) in [4.78, 5) is 15.6. The molecule has 1 aliphatic rings. The first-order valence-electron chi connectivity index (χ1n) is 6.11. The number of hydrogen-bond donors (Lipinski definition) is 1. The van der Waals surface area contributed by atoms with Crippen molar-refractivity contribution in [3.63, 3.8) is 0 Å². The van der Waals surface area contributed by atoms with Crippen LogP contribution in [0.1, 0.15) is 27.2 Å². The van der Waals surface area contributed by atoms with Gasteiger partial charge in [0.2, 0.25) is 0 Å². The number of aliphatic hydroxyl groups is 1. The van der Waals surface area contributed by atoms with Crippen LogP contribution in [0.2, 0.25) is 0 Å². The molecule has 1 N–H and O–H groups in total. The Balaban J connectivity index is 2.44. The topological polar surface area (TPSA) is 43.8 Å². The highest BCUT2D eigenvalue weighted by molar-refractivity contribution is 5.94. The summed E-state index contributed by atoms with van der Waals surface area (Å²) in [5.74, 6) is 0. The molecule has 1 atom stereocenters. The number of carbonyl (C=O) groups excluding carboxylic acids is 1. The molecule has 4 heteroatoms. The third-order valence-electron chi connectivity index (χ3n) is 3.65. The van der Waals surface area contributed by atoms with Gasteiger partial charge in [-0.3, -0.25) is 4.90 Å². The van der Waals surface area contributed by atoms with Crippen molar-refractivity contribution in [1.29, 1.82) is 0 Å². The van der Waals surface area contributed by atoms with Crippen LogP contribution < -0.4 is 4.90 Å². The molecule has 0 bridgehead atoms. The zero-order chi connectivity index (χ0) is 13.6. The highest BCUT2D eigenvalue weighted by Gasteiger charge is 2.48. The van der Waals surface area contributed by atoms with Crippen LogP contribution in [0.4, 0.5) is 10.5 Å². The van der Waals surface area contributed by atoms with E-state index in [1.165, 1.54) is 4.90 Å². The summed E-state index contributed by atoms with van der Waals surface area (Å²) < 4.78 is 0. The summed E-state index contributed by atoms with van der Waals surface area (Å²) in [6, 6.07) is 9.09. The predicted octanol–water partition coefficient (Wildman–Crippen LogP) is 2.44. The molecule has 0 radical (unpaired) electrons. The molecule has 1 saturated heterocycles. The lowest BCUT2D eigenvalue weighted by molar-refractivity contribution is -0.0182. The fourth-order valence-corrected chi connectivity index (χ4v) is 2.60. The van der Waals surface area contributed by atoms with E-state index in [2.05, 4.69) is 0 Å². The van der Waals surface area contributed by atoms with E-state index in [4.69, 9.17) is 0 Å². The molecule has 1 aromatic carbocycles. The lowest BCUT2D eigenvalue weighted by Crippen LogP contribution is -2.67. The summed E-state index contributed by atoms with van der Waals surface area (Å²) >= 11 is 0. The van der Waals surface area contributed by atoms with Crippen molar-refractivity contribution in [3.8, 4) is 0 Å². The molecular weight excluding hydrogens is 228 g/mol. The lowest BCUT2D eigenvalue weighted by Gasteiger charge is -2.52. The SMILES string of the molecule is CN1C(=O)N(c2ccccc2)C(C)(O)CC1(C)C. The maximum absolute atomic E-state index is 12.4. The molecule has 0 aliphatic carbocycles. The smallest absolute Gasteiger partial charge is 0.327 e. The second-order valence-corrected chi connectivity index (χ2v) is 5.72. The van der Waals surface area contributed by atoms with Crippen molar-refractivity contribution in [1.82, 2.24) is 4.90 Å². The Morgan fingerprint density at radius 1 is 1.17 bits per heavy atom. The highest BCUT2D eigenvalue weighted by atomic mass is 16.3. The predicted molar refractivity (Wildman–Crippen MR) is 71.4 cm³/mol. The van der Waals surface area contributed by atoms with Crippen molar-refractivity contribution in [2.45, 2.75) is 38.5 Å². The second kappa shape index (κ2) is 3.99. The lowest BCUT2D eigenvalue weighted by atomic mass is 9.88. The van der Waals surface area contributed by atoms with Crippen LogP contribution in [0.5, 0.6) is 0 Å². The summed E-state index contributed by atoms with van der Waals surface area (Å²) in [5.41, 5.74) is -0.810. The summed E-state index contributed by atoms with van der Waals surface area (Å²) in [6.07, 6.45) is 0.497. The number of amides is 2. The molecule has 98 valence electrons. The van der Waals surface area contributed by atoms with Gasteiger partial charge in [0.05, 0.1) is 0 Å². The van der Waals surface area contributed by atoms with Crippen LogP contribution in [0.3, 0.4) is 0 Å². The van der Waals surface area contributed by atoms with Gasteiger partial charge in [-0.1, -0.05) is 18.2 Å². The summed E-state index contributed by atoms with van der Waals surface area (Å²) in [5, 5.41) is 10.6. The van der Waals surface area contributed by atoms with E-state index in [9.17, 15) is 9.90 Å². The molecule has 2 rings (SSSR count). The van der Waals surface area contributed by atoms with Gasteiger partial charge in [-0.25, -0.2) is 4.79 Å². The fraction of sp³-hybridized carbons (Fsp3) is 0.500. The van der Waals surface area contributed by atoms with E-state index in [0.29, 0.717) is 6.42 Å². The summed E-state index contributed by atoms with van der Waals surface area (Å²) in [6.45, 7) is 5.61. The largest absolute Gasteiger partial charge is 0.371 e. The van der Waals surface area contributed by atoms with E-state index >= 15 is 0 Å². The van der Waals surface area contributed by atoms with Crippen molar-refractivity contribution in [3.05, 3.63) is 30.3 Å². The molecule has 1 fully saturated rings. The van der Waals surface area contributed by atoms with Crippen molar-refractivity contribution < 1.29 is 9.90 Å². The first kappa shape index (κ1) is 12.9. The number of para-hydroxylation sites is 1. The van der Waals surface area contributed by atoms with E-state index in [0.717, 1.165) is 5.69 Å². The van der Waals surface area contributed by atoms with E-state index in [1.807, 2.05) is 44.2 Å². The van der Waals surface area contributed by atoms with Gasteiger partial charge < -0.3 is 10.0 Å². The average molecular weight is 248 g/mol. The number of urea groups is 1. The molecular formula is C14H20N2O2. The van der Waals surface area contributed by atoms with Gasteiger partial charge in [0.25, 0.3) is 0 Å². The fourth-order valence-electron chi connectivity index (χ4n) is 2.60. The number of anilines is 1. The van der Waals surface area contributed by atoms with Gasteiger partial charge in [0, 0.05) is 24.7 Å². The van der Waals surface area contributed by atoms with Gasteiger partial charge in [0.1, 0.15) is 5.72 Å². The number of benzene rings is 1. The molecule has 1 aromatic rings. The van der Waals surface area contributed by atoms with Gasteiger partial charge >= 0.3 is 6.03 Å². The first-order valence-corrected chi connectivity index (χ1v) is 6.11. The van der Waals surface area contributed by atoms with Crippen molar-refractivity contribution in [2.24, 2.45) is 0 Å². The van der Waals surface area contributed by atoms with Crippen LogP contribution in [-0.2, 0) is 0 Å². The monoisotopic (exact) mass is 248 g/mol. The average Bonchev–Trinajstić information content (AvgIpc) is 2.26. The Hall–Kier alpha value is -1.55. The minimum atomic E-state index is -1.17. The maximum Gasteiger partial charge on any atom is 0.327 e. The number of carbonyl (C=O) groups is 1. The minimum absolute atomic E-state index is 0.178. The highest BCUT2D eigenvalue weighted by Crippen LogP contribution is 2.37. The number of nitrogens with zero attached hydrogens (tertiary/aromatic N) is 2. The molecule has 0 spiro atoms. The number of hydrogen-bond acceptors (Lipinski definition) is 2. The molecule has 0 saturated carbocycles. The van der Waals surface area contributed by atoms with Gasteiger partial charge in [-0.2, -0.15) is 0 Å². The van der Waals surface area contributed by atoms with Gasteiger partial charge in [-0.15, -0.1) is 0 Å². The van der Waals surface area contributed by atoms with Gasteiger partial charge in [-0.05, 0) is 32.9 Å². The minimum Gasteiger partial charge on any atom is -0.371 e. The van der Waals surface area contributed by atoms with E-state index < -0.39 is 5.72 Å².